The Morgan fingerprint density at radius 3 is 2.50 bits per heavy atom. The van der Waals surface area contributed by atoms with Crippen molar-refractivity contribution >= 4 is 8.32 Å². The number of ether oxygens (including phenoxy) is 1. The van der Waals surface area contributed by atoms with Crippen LogP contribution < -0.4 is 0 Å². The second-order valence-electron chi connectivity index (χ2n) is 7.59. The lowest BCUT2D eigenvalue weighted by molar-refractivity contribution is -0.248. The van der Waals surface area contributed by atoms with Crippen LogP contribution in [-0.4, -0.2) is 31.4 Å². The first kappa shape index (κ1) is 14.5. The van der Waals surface area contributed by atoms with Gasteiger partial charge in [0.1, 0.15) is 0 Å². The van der Waals surface area contributed by atoms with Crippen molar-refractivity contribution in [3.05, 3.63) is 0 Å². The fraction of sp³-hybridized carbons (Fsp3) is 1.00. The SMILES string of the molecule is C[C@H]1C[C@H]2O[C@]1(O)CC[C@H]2O[Si](C)(C)C(C)(C)C. The summed E-state index contributed by atoms with van der Waals surface area (Å²) in [7, 11) is -1.74. The van der Waals surface area contributed by atoms with Crippen LogP contribution in [0.25, 0.3) is 0 Å². The van der Waals surface area contributed by atoms with Gasteiger partial charge in [0, 0.05) is 12.3 Å². The van der Waals surface area contributed by atoms with Crippen LogP contribution in [0.3, 0.4) is 0 Å². The maximum absolute atomic E-state index is 10.3. The molecule has 0 aromatic rings. The molecule has 2 bridgehead atoms. The Labute approximate surface area is 112 Å². The molecule has 0 radical (unpaired) electrons. The molecule has 4 heteroatoms. The van der Waals surface area contributed by atoms with Crippen LogP contribution in [0.1, 0.15) is 47.0 Å². The summed E-state index contributed by atoms with van der Waals surface area (Å²) in [4.78, 5) is 0. The zero-order valence-corrected chi connectivity index (χ0v) is 13.6. The van der Waals surface area contributed by atoms with Gasteiger partial charge in [-0.1, -0.05) is 27.7 Å². The van der Waals surface area contributed by atoms with Crippen LogP contribution in [0.2, 0.25) is 18.1 Å². The highest BCUT2D eigenvalue weighted by Gasteiger charge is 2.53. The largest absolute Gasteiger partial charge is 0.411 e. The van der Waals surface area contributed by atoms with Crippen molar-refractivity contribution < 1.29 is 14.3 Å². The molecule has 0 aromatic heterocycles. The van der Waals surface area contributed by atoms with E-state index >= 15 is 0 Å². The Hall–Kier alpha value is 0.0969. The van der Waals surface area contributed by atoms with Crippen LogP contribution in [0.15, 0.2) is 0 Å². The van der Waals surface area contributed by atoms with Crippen molar-refractivity contribution in [3.8, 4) is 0 Å². The maximum atomic E-state index is 10.3. The Morgan fingerprint density at radius 1 is 1.33 bits per heavy atom. The fourth-order valence-corrected chi connectivity index (χ4v) is 4.10. The molecule has 2 aliphatic heterocycles. The molecule has 0 aromatic carbocycles. The zero-order chi connectivity index (χ0) is 13.8. The van der Waals surface area contributed by atoms with Gasteiger partial charge in [-0.2, -0.15) is 0 Å². The Balaban J connectivity index is 2.05. The number of aliphatic hydroxyl groups is 1. The molecular weight excluding hydrogens is 244 g/mol. The number of hydrogen-bond acceptors (Lipinski definition) is 3. The van der Waals surface area contributed by atoms with E-state index in [0.29, 0.717) is 6.42 Å². The second kappa shape index (κ2) is 4.30. The van der Waals surface area contributed by atoms with Gasteiger partial charge in [0.15, 0.2) is 14.1 Å². The normalized spacial score (nSPS) is 41.2. The fourth-order valence-electron chi connectivity index (χ4n) is 2.72. The van der Waals surface area contributed by atoms with Gasteiger partial charge in [0.25, 0.3) is 0 Å². The van der Waals surface area contributed by atoms with Crippen molar-refractivity contribution in [1.82, 2.24) is 0 Å². The molecule has 0 spiro atoms. The Morgan fingerprint density at radius 2 is 1.94 bits per heavy atom. The lowest BCUT2D eigenvalue weighted by atomic mass is 9.98. The average molecular weight is 272 g/mol. The Bertz CT molecular complexity index is 323. The minimum absolute atomic E-state index is 0.0906. The smallest absolute Gasteiger partial charge is 0.192 e. The Kier molecular flexibility index (Phi) is 3.47. The summed E-state index contributed by atoms with van der Waals surface area (Å²) in [5.74, 6) is -0.645. The van der Waals surface area contributed by atoms with Gasteiger partial charge >= 0.3 is 0 Å². The molecule has 0 saturated carbocycles. The van der Waals surface area contributed by atoms with Crippen molar-refractivity contribution in [2.24, 2.45) is 5.92 Å². The predicted molar refractivity (Wildman–Crippen MR) is 74.9 cm³/mol. The molecular formula is C14H28O3Si. The molecule has 0 aliphatic carbocycles. The minimum Gasteiger partial charge on any atom is -0.411 e. The van der Waals surface area contributed by atoms with Gasteiger partial charge in [0.2, 0.25) is 0 Å². The number of fused-ring (bicyclic) bond motifs is 2. The van der Waals surface area contributed by atoms with E-state index in [4.69, 9.17) is 9.16 Å². The summed E-state index contributed by atoms with van der Waals surface area (Å²) >= 11 is 0. The summed E-state index contributed by atoms with van der Waals surface area (Å²) in [6.45, 7) is 13.4. The molecule has 1 N–H and O–H groups in total. The zero-order valence-electron chi connectivity index (χ0n) is 12.6. The van der Waals surface area contributed by atoms with E-state index in [9.17, 15) is 5.11 Å². The highest BCUT2D eigenvalue weighted by Crippen LogP contribution is 2.47. The molecule has 2 aliphatic rings. The lowest BCUT2D eigenvalue weighted by Crippen LogP contribution is -2.50. The first-order valence-electron chi connectivity index (χ1n) is 7.13. The molecule has 4 atom stereocenters. The molecule has 106 valence electrons. The van der Waals surface area contributed by atoms with E-state index in [1.165, 1.54) is 0 Å². The average Bonchev–Trinajstić information content (AvgIpc) is 2.43. The summed E-state index contributed by atoms with van der Waals surface area (Å²) in [6.07, 6.45) is 2.83. The molecule has 18 heavy (non-hydrogen) atoms. The quantitative estimate of drug-likeness (QED) is 0.784. The highest BCUT2D eigenvalue weighted by atomic mass is 28.4. The topological polar surface area (TPSA) is 38.7 Å². The molecule has 2 saturated heterocycles. The van der Waals surface area contributed by atoms with E-state index in [1.54, 1.807) is 0 Å². The van der Waals surface area contributed by atoms with Crippen LogP contribution >= 0.6 is 0 Å². The van der Waals surface area contributed by atoms with Gasteiger partial charge in [-0.25, -0.2) is 0 Å². The van der Waals surface area contributed by atoms with E-state index in [-0.39, 0.29) is 23.2 Å². The predicted octanol–water partition coefficient (Wildman–Crippen LogP) is 3.28. The van der Waals surface area contributed by atoms with Gasteiger partial charge in [-0.15, -0.1) is 0 Å². The van der Waals surface area contributed by atoms with Crippen molar-refractivity contribution in [1.29, 1.82) is 0 Å². The summed E-state index contributed by atoms with van der Waals surface area (Å²) in [6, 6.07) is 0. The van der Waals surface area contributed by atoms with E-state index in [2.05, 4.69) is 40.8 Å². The van der Waals surface area contributed by atoms with Gasteiger partial charge < -0.3 is 14.3 Å². The van der Waals surface area contributed by atoms with Crippen LogP contribution in [-0.2, 0) is 9.16 Å². The van der Waals surface area contributed by atoms with E-state index in [1.807, 2.05) is 0 Å². The molecule has 3 nitrogen and oxygen atoms in total. The third kappa shape index (κ3) is 2.40. The van der Waals surface area contributed by atoms with Crippen molar-refractivity contribution in [2.45, 2.75) is 83.1 Å². The number of hydrogen-bond donors (Lipinski definition) is 1. The van der Waals surface area contributed by atoms with Gasteiger partial charge in [-0.05, 0) is 31.0 Å². The van der Waals surface area contributed by atoms with Crippen molar-refractivity contribution in [2.75, 3.05) is 0 Å². The summed E-state index contributed by atoms with van der Waals surface area (Å²) in [5.41, 5.74) is 0. The molecule has 0 unspecified atom stereocenters. The highest BCUT2D eigenvalue weighted by molar-refractivity contribution is 6.74. The van der Waals surface area contributed by atoms with Crippen molar-refractivity contribution in [3.63, 3.8) is 0 Å². The van der Waals surface area contributed by atoms with Gasteiger partial charge in [-0.3, -0.25) is 0 Å². The first-order chi connectivity index (χ1) is 8.05. The number of rotatable bonds is 2. The van der Waals surface area contributed by atoms with Crippen LogP contribution in [0.4, 0.5) is 0 Å². The second-order valence-corrected chi connectivity index (χ2v) is 12.3. The third-order valence-electron chi connectivity index (χ3n) is 5.17. The standard InChI is InChI=1S/C14H28O3Si/c1-10-9-12-11(7-8-14(10,15)16-12)17-18(5,6)13(2,3)4/h10-12,15H,7-9H2,1-6H3/t10-,11+,12+,14+/m0/s1. The first-order valence-corrected chi connectivity index (χ1v) is 10.0. The molecule has 2 fully saturated rings. The van der Waals surface area contributed by atoms with E-state index in [0.717, 1.165) is 12.8 Å². The maximum Gasteiger partial charge on any atom is 0.192 e. The van der Waals surface area contributed by atoms with Gasteiger partial charge in [0.05, 0.1) is 12.2 Å². The third-order valence-corrected chi connectivity index (χ3v) is 9.67. The summed E-state index contributed by atoms with van der Waals surface area (Å²) < 4.78 is 12.3. The van der Waals surface area contributed by atoms with E-state index < -0.39 is 14.1 Å². The monoisotopic (exact) mass is 272 g/mol. The summed E-state index contributed by atoms with van der Waals surface area (Å²) in [5, 5.41) is 10.5. The lowest BCUT2D eigenvalue weighted by Gasteiger charge is -2.43. The molecule has 2 heterocycles. The van der Waals surface area contributed by atoms with Crippen LogP contribution in [0, 0.1) is 5.92 Å². The molecule has 2 rings (SSSR count). The minimum atomic E-state index is -1.74. The molecule has 0 amide bonds. The van der Waals surface area contributed by atoms with Crippen LogP contribution in [0.5, 0.6) is 0 Å².